The second-order valence-electron chi connectivity index (χ2n) is 14.1. The zero-order chi connectivity index (χ0) is 30.1. The Hall–Kier alpha value is -0.520. The van der Waals surface area contributed by atoms with Gasteiger partial charge in [0.25, 0.3) is 0 Å². The Kier molecular flexibility index (Phi) is 10.7. The van der Waals surface area contributed by atoms with Crippen LogP contribution in [0.3, 0.4) is 0 Å². The van der Waals surface area contributed by atoms with E-state index in [1.165, 1.54) is 18.4 Å². The number of allylic oxidation sites excluding steroid dienone is 1. The Morgan fingerprint density at radius 1 is 1.05 bits per heavy atom. The summed E-state index contributed by atoms with van der Waals surface area (Å²) in [7, 11) is -8.93. The van der Waals surface area contributed by atoms with Gasteiger partial charge in [-0.05, 0) is 106 Å². The van der Waals surface area contributed by atoms with Crippen LogP contribution in [0.2, 0.25) is 0 Å². The largest absolute Gasteiger partial charge is 0.397 e. The number of hydrogen-bond donors (Lipinski definition) is 2. The molecule has 8 atom stereocenters. The molecule has 0 radical (unpaired) electrons. The van der Waals surface area contributed by atoms with Crippen LogP contribution in [0.15, 0.2) is 11.6 Å². The predicted octanol–water partition coefficient (Wildman–Crippen LogP) is 7.57. The SMILES string of the molecule is CCCC(C(C)CCCC(C)(C)OS(=O)(=O)O)C1(C)CCC2C(CC=C3CC(OS(=O)(=O)O)CCC32C)C1CC. The van der Waals surface area contributed by atoms with E-state index >= 15 is 0 Å². The van der Waals surface area contributed by atoms with Gasteiger partial charge in [0.1, 0.15) is 0 Å². The first-order valence-corrected chi connectivity index (χ1v) is 18.1. The molecule has 0 heterocycles. The Bertz CT molecular complexity index is 1110. The summed E-state index contributed by atoms with van der Waals surface area (Å²) in [5.41, 5.74) is 0.620. The third kappa shape index (κ3) is 7.90. The normalized spacial score (nSPS) is 34.9. The molecule has 3 rings (SSSR count). The van der Waals surface area contributed by atoms with Crippen molar-refractivity contribution in [1.29, 1.82) is 0 Å². The van der Waals surface area contributed by atoms with E-state index in [0.29, 0.717) is 48.9 Å². The second-order valence-corrected chi connectivity index (χ2v) is 16.2. The van der Waals surface area contributed by atoms with Crippen molar-refractivity contribution in [3.63, 3.8) is 0 Å². The summed E-state index contributed by atoms with van der Waals surface area (Å²) in [6, 6.07) is 0. The van der Waals surface area contributed by atoms with Gasteiger partial charge in [-0.1, -0.05) is 72.0 Å². The van der Waals surface area contributed by atoms with Gasteiger partial charge in [-0.2, -0.15) is 16.8 Å². The number of fused-ring (bicyclic) bond motifs is 3. The van der Waals surface area contributed by atoms with Crippen molar-refractivity contribution < 1.29 is 34.3 Å². The standard InChI is InChI=1S/C30H54O8S2/c1-8-11-26(21(3)12-10-17-28(4,5)38-40(34,35)36)30(7)19-16-27-24(25(30)9-2)14-13-22-20-23(37-39(31,32)33)15-18-29(22,27)6/h13,21,23-27H,8-12,14-20H2,1-7H3,(H,31,32,33)(H,34,35,36). The van der Waals surface area contributed by atoms with E-state index in [4.69, 9.17) is 12.9 Å². The Labute approximate surface area is 244 Å². The molecule has 0 spiro atoms. The van der Waals surface area contributed by atoms with Gasteiger partial charge in [-0.15, -0.1) is 0 Å². The third-order valence-corrected chi connectivity index (χ3v) is 12.3. The maximum Gasteiger partial charge on any atom is 0.397 e. The predicted molar refractivity (Wildman–Crippen MR) is 157 cm³/mol. The molecule has 0 aliphatic heterocycles. The number of hydrogen-bond acceptors (Lipinski definition) is 6. The average Bonchev–Trinajstić information content (AvgIpc) is 2.79. The molecule has 8 unspecified atom stereocenters. The summed E-state index contributed by atoms with van der Waals surface area (Å²) in [5, 5.41) is 0. The number of rotatable bonds is 13. The van der Waals surface area contributed by atoms with Crippen molar-refractivity contribution in [3.05, 3.63) is 11.6 Å². The molecule has 2 N–H and O–H groups in total. The third-order valence-electron chi connectivity index (χ3n) is 11.1. The first-order valence-electron chi connectivity index (χ1n) is 15.4. The van der Waals surface area contributed by atoms with E-state index in [1.54, 1.807) is 13.8 Å². The maximum atomic E-state index is 11.3. The Morgan fingerprint density at radius 3 is 2.30 bits per heavy atom. The topological polar surface area (TPSA) is 127 Å². The lowest BCUT2D eigenvalue weighted by Gasteiger charge is -2.61. The summed E-state index contributed by atoms with van der Waals surface area (Å²) in [5.74, 6) is 2.78. The van der Waals surface area contributed by atoms with Gasteiger partial charge in [0, 0.05) is 0 Å². The lowest BCUT2D eigenvalue weighted by molar-refractivity contribution is -0.0899. The van der Waals surface area contributed by atoms with Crippen LogP contribution >= 0.6 is 0 Å². The molecule has 0 saturated heterocycles. The van der Waals surface area contributed by atoms with Gasteiger partial charge in [-0.3, -0.25) is 9.11 Å². The second kappa shape index (κ2) is 12.6. The van der Waals surface area contributed by atoms with Crippen LogP contribution < -0.4 is 0 Å². The molecule has 0 aromatic carbocycles. The highest BCUT2D eigenvalue weighted by atomic mass is 32.3. The molecule has 0 aromatic heterocycles. The van der Waals surface area contributed by atoms with Crippen LogP contribution in [0.5, 0.6) is 0 Å². The van der Waals surface area contributed by atoms with E-state index in [1.807, 2.05) is 0 Å². The van der Waals surface area contributed by atoms with E-state index in [0.717, 1.165) is 44.9 Å². The minimum atomic E-state index is -4.48. The van der Waals surface area contributed by atoms with Crippen LogP contribution in [0.25, 0.3) is 0 Å². The molecule has 234 valence electrons. The van der Waals surface area contributed by atoms with Gasteiger partial charge in [0.2, 0.25) is 0 Å². The molecule has 3 aliphatic carbocycles. The lowest BCUT2D eigenvalue weighted by Crippen LogP contribution is -2.53. The smallest absolute Gasteiger partial charge is 0.264 e. The van der Waals surface area contributed by atoms with Crippen LogP contribution in [0, 0.1) is 40.4 Å². The van der Waals surface area contributed by atoms with Gasteiger partial charge in [0.05, 0.1) is 11.7 Å². The maximum absolute atomic E-state index is 11.3. The summed E-state index contributed by atoms with van der Waals surface area (Å²) in [4.78, 5) is 0. The van der Waals surface area contributed by atoms with E-state index in [9.17, 15) is 21.4 Å². The molecular weight excluding hydrogens is 552 g/mol. The molecule has 2 saturated carbocycles. The van der Waals surface area contributed by atoms with Gasteiger partial charge >= 0.3 is 20.8 Å². The summed E-state index contributed by atoms with van der Waals surface area (Å²) < 4.78 is 73.4. The van der Waals surface area contributed by atoms with Crippen molar-refractivity contribution in [2.24, 2.45) is 40.4 Å². The van der Waals surface area contributed by atoms with E-state index in [-0.39, 0.29) is 10.8 Å². The van der Waals surface area contributed by atoms with Gasteiger partial charge < -0.3 is 0 Å². The molecular formula is C30H54O8S2. The minimum Gasteiger partial charge on any atom is -0.264 e. The minimum absolute atomic E-state index is 0.0429. The van der Waals surface area contributed by atoms with E-state index in [2.05, 4.69) is 40.7 Å². The van der Waals surface area contributed by atoms with Crippen molar-refractivity contribution in [2.45, 2.75) is 137 Å². The molecule has 40 heavy (non-hydrogen) atoms. The van der Waals surface area contributed by atoms with Gasteiger partial charge in [-0.25, -0.2) is 8.37 Å². The summed E-state index contributed by atoms with van der Waals surface area (Å²) in [6.07, 6.45) is 13.1. The van der Waals surface area contributed by atoms with Crippen LogP contribution in [-0.4, -0.2) is 37.6 Å². The fraction of sp³-hybridized carbons (Fsp3) is 0.933. The van der Waals surface area contributed by atoms with Crippen LogP contribution in [0.4, 0.5) is 0 Å². The first-order chi connectivity index (χ1) is 18.4. The van der Waals surface area contributed by atoms with Crippen molar-refractivity contribution in [1.82, 2.24) is 0 Å². The molecule has 2 fully saturated rings. The fourth-order valence-electron chi connectivity index (χ4n) is 9.41. The summed E-state index contributed by atoms with van der Waals surface area (Å²) in [6.45, 7) is 15.3. The van der Waals surface area contributed by atoms with Crippen molar-refractivity contribution in [2.75, 3.05) is 0 Å². The van der Waals surface area contributed by atoms with Crippen molar-refractivity contribution in [3.8, 4) is 0 Å². The van der Waals surface area contributed by atoms with Crippen LogP contribution in [-0.2, 0) is 29.2 Å². The van der Waals surface area contributed by atoms with Gasteiger partial charge in [0.15, 0.2) is 0 Å². The highest BCUT2D eigenvalue weighted by molar-refractivity contribution is 7.81. The molecule has 8 nitrogen and oxygen atoms in total. The van der Waals surface area contributed by atoms with Crippen LogP contribution in [0.1, 0.15) is 126 Å². The molecule has 3 aliphatic rings. The molecule has 0 aromatic rings. The highest BCUT2D eigenvalue weighted by Crippen LogP contribution is 2.64. The Morgan fingerprint density at radius 2 is 1.73 bits per heavy atom. The zero-order valence-corrected chi connectivity index (χ0v) is 27.3. The quantitative estimate of drug-likeness (QED) is 0.162. The monoisotopic (exact) mass is 606 g/mol. The Balaban J connectivity index is 1.77. The molecule has 0 bridgehead atoms. The average molecular weight is 607 g/mol. The zero-order valence-electron chi connectivity index (χ0n) is 25.7. The summed E-state index contributed by atoms with van der Waals surface area (Å²) >= 11 is 0. The van der Waals surface area contributed by atoms with Crippen molar-refractivity contribution >= 4 is 20.8 Å². The molecule has 0 amide bonds. The first kappa shape index (κ1) is 34.0. The lowest BCUT2D eigenvalue weighted by atomic mass is 9.44. The fourth-order valence-corrected chi connectivity index (χ4v) is 10.6. The van der Waals surface area contributed by atoms with E-state index < -0.39 is 32.5 Å². The highest BCUT2D eigenvalue weighted by Gasteiger charge is 2.56. The molecule has 10 heteroatoms.